The number of ether oxygens (including phenoxy) is 7. The number of rotatable bonds is 14. The van der Waals surface area contributed by atoms with E-state index in [9.17, 15) is 0 Å². The lowest BCUT2D eigenvalue weighted by Gasteiger charge is -2.26. The quantitative estimate of drug-likeness (QED) is 0.276. The fourth-order valence-electron chi connectivity index (χ4n) is 6.40. The standard InChI is InChI=1S/C30H36N2O7/c31-19-5-1-17(2-6-19)25(27-29(38-27,9-21-13-33-21)10-22-14-34-22)37-26(18-3-7-20(32)8-4-18)28-30(39-28,11-23-15-35-23)12-24-16-36-24/h1-8,21-28H,9-16,31-32H2. The van der Waals surface area contributed by atoms with Crippen molar-refractivity contribution in [2.75, 3.05) is 37.9 Å². The Hall–Kier alpha value is -2.24. The maximum Gasteiger partial charge on any atom is 0.118 e. The molecule has 208 valence electrons. The second kappa shape index (κ2) is 9.14. The lowest BCUT2D eigenvalue weighted by Crippen LogP contribution is -2.30. The van der Waals surface area contributed by atoms with Gasteiger partial charge in [0.15, 0.2) is 0 Å². The first kappa shape index (κ1) is 24.5. The van der Waals surface area contributed by atoms with Crippen molar-refractivity contribution in [2.24, 2.45) is 0 Å². The average Bonchev–Trinajstić information content (AvgIpc) is 3.71. The van der Waals surface area contributed by atoms with Crippen molar-refractivity contribution in [3.63, 3.8) is 0 Å². The molecule has 0 aromatic heterocycles. The van der Waals surface area contributed by atoms with Crippen LogP contribution in [0.3, 0.4) is 0 Å². The van der Waals surface area contributed by atoms with Gasteiger partial charge in [-0.25, -0.2) is 0 Å². The molecule has 6 saturated heterocycles. The molecule has 4 N–H and O–H groups in total. The zero-order chi connectivity index (χ0) is 26.2. The van der Waals surface area contributed by atoms with Crippen LogP contribution in [-0.4, -0.2) is 74.3 Å². The van der Waals surface area contributed by atoms with E-state index in [0.717, 1.165) is 63.2 Å². The van der Waals surface area contributed by atoms with Crippen LogP contribution in [0.4, 0.5) is 11.4 Å². The molecule has 8 rings (SSSR count). The van der Waals surface area contributed by atoms with Crippen LogP contribution in [0.1, 0.15) is 49.0 Å². The highest BCUT2D eigenvalue weighted by Crippen LogP contribution is 2.59. The highest BCUT2D eigenvalue weighted by molar-refractivity contribution is 5.42. The van der Waals surface area contributed by atoms with Crippen molar-refractivity contribution >= 4 is 11.4 Å². The Kier molecular flexibility index (Phi) is 5.75. The summed E-state index contributed by atoms with van der Waals surface area (Å²) in [5, 5.41) is 0. The molecule has 0 bridgehead atoms. The number of anilines is 2. The highest BCUT2D eigenvalue weighted by atomic mass is 16.7. The predicted molar refractivity (Wildman–Crippen MR) is 141 cm³/mol. The van der Waals surface area contributed by atoms with E-state index in [-0.39, 0.29) is 60.0 Å². The Morgan fingerprint density at radius 2 is 0.897 bits per heavy atom. The molecule has 8 atom stereocenters. The summed E-state index contributed by atoms with van der Waals surface area (Å²) in [5.41, 5.74) is 15.0. The lowest BCUT2D eigenvalue weighted by atomic mass is 9.87. The van der Waals surface area contributed by atoms with Crippen LogP contribution in [-0.2, 0) is 33.2 Å². The van der Waals surface area contributed by atoms with Gasteiger partial charge in [-0.05, 0) is 35.4 Å². The third-order valence-corrected chi connectivity index (χ3v) is 8.92. The number of benzene rings is 2. The zero-order valence-electron chi connectivity index (χ0n) is 21.9. The summed E-state index contributed by atoms with van der Waals surface area (Å²) in [6.45, 7) is 3.15. The van der Waals surface area contributed by atoms with Crippen LogP contribution >= 0.6 is 0 Å². The predicted octanol–water partition coefficient (Wildman–Crippen LogP) is 3.08. The Balaban J connectivity index is 1.12. The lowest BCUT2D eigenvalue weighted by molar-refractivity contribution is -0.0425. The smallest absolute Gasteiger partial charge is 0.118 e. The third kappa shape index (κ3) is 5.29. The SMILES string of the molecule is Nc1ccc(C(OC(c2ccc(N)cc2)C2OC2(CC2CO2)CC2CO2)C2OC2(CC2CO2)CC2CO2)cc1. The molecule has 6 fully saturated rings. The molecule has 0 spiro atoms. The van der Waals surface area contributed by atoms with Crippen LogP contribution in [0.5, 0.6) is 0 Å². The molecule has 8 unspecified atom stereocenters. The number of nitrogen functional groups attached to an aromatic ring is 2. The Bertz CT molecular complexity index is 1070. The van der Waals surface area contributed by atoms with Crippen molar-refractivity contribution in [1.82, 2.24) is 0 Å². The fraction of sp³-hybridized carbons (Fsp3) is 0.600. The molecule has 6 aliphatic rings. The largest absolute Gasteiger partial charge is 0.399 e. The summed E-state index contributed by atoms with van der Waals surface area (Å²) in [7, 11) is 0. The van der Waals surface area contributed by atoms with Crippen molar-refractivity contribution in [2.45, 2.75) is 85.7 Å². The first-order valence-corrected chi connectivity index (χ1v) is 14.2. The molecule has 2 aromatic rings. The molecule has 39 heavy (non-hydrogen) atoms. The Morgan fingerprint density at radius 1 is 0.590 bits per heavy atom. The summed E-state index contributed by atoms with van der Waals surface area (Å²) in [6.07, 6.45) is 3.47. The second-order valence-electron chi connectivity index (χ2n) is 12.2. The van der Waals surface area contributed by atoms with Gasteiger partial charge in [0.2, 0.25) is 0 Å². The summed E-state index contributed by atoms with van der Waals surface area (Å²) < 4.78 is 42.9. The average molecular weight is 537 g/mol. The zero-order valence-corrected chi connectivity index (χ0v) is 21.9. The van der Waals surface area contributed by atoms with Crippen LogP contribution in [0.25, 0.3) is 0 Å². The van der Waals surface area contributed by atoms with Gasteiger partial charge in [0.25, 0.3) is 0 Å². The molecular formula is C30H36N2O7. The van der Waals surface area contributed by atoms with Gasteiger partial charge in [0.1, 0.15) is 35.6 Å². The van der Waals surface area contributed by atoms with Crippen LogP contribution in [0.15, 0.2) is 48.5 Å². The highest BCUT2D eigenvalue weighted by Gasteiger charge is 2.67. The summed E-state index contributed by atoms with van der Waals surface area (Å²) in [5.74, 6) is 0. The molecule has 0 radical (unpaired) electrons. The van der Waals surface area contributed by atoms with Gasteiger partial charge in [0, 0.05) is 37.1 Å². The molecule has 0 amide bonds. The minimum absolute atomic E-state index is 0.127. The van der Waals surface area contributed by atoms with Gasteiger partial charge in [-0.1, -0.05) is 24.3 Å². The van der Waals surface area contributed by atoms with E-state index < -0.39 is 0 Å². The molecule has 9 nitrogen and oxygen atoms in total. The van der Waals surface area contributed by atoms with E-state index in [1.165, 1.54) is 0 Å². The van der Waals surface area contributed by atoms with E-state index >= 15 is 0 Å². The van der Waals surface area contributed by atoms with E-state index in [2.05, 4.69) is 0 Å². The third-order valence-electron chi connectivity index (χ3n) is 8.92. The Morgan fingerprint density at radius 3 is 1.18 bits per heavy atom. The van der Waals surface area contributed by atoms with E-state index in [1.807, 2.05) is 48.5 Å². The summed E-state index contributed by atoms with van der Waals surface area (Å²) >= 11 is 0. The van der Waals surface area contributed by atoms with Gasteiger partial charge in [-0.2, -0.15) is 0 Å². The molecule has 0 aliphatic carbocycles. The van der Waals surface area contributed by atoms with Gasteiger partial charge < -0.3 is 44.6 Å². The summed E-state index contributed by atoms with van der Waals surface area (Å²) in [4.78, 5) is 0. The number of hydrogen-bond acceptors (Lipinski definition) is 9. The van der Waals surface area contributed by atoms with Gasteiger partial charge in [0.05, 0.1) is 50.8 Å². The van der Waals surface area contributed by atoms with Crippen molar-refractivity contribution in [1.29, 1.82) is 0 Å². The number of epoxide rings is 6. The minimum atomic E-state index is -0.328. The van der Waals surface area contributed by atoms with Gasteiger partial charge >= 0.3 is 0 Å². The van der Waals surface area contributed by atoms with Crippen LogP contribution in [0.2, 0.25) is 0 Å². The molecule has 6 aliphatic heterocycles. The maximum absolute atomic E-state index is 7.17. The number of hydrogen-bond donors (Lipinski definition) is 2. The topological polar surface area (TPSA) is 136 Å². The second-order valence-corrected chi connectivity index (χ2v) is 12.2. The van der Waals surface area contributed by atoms with E-state index in [4.69, 9.17) is 44.6 Å². The van der Waals surface area contributed by atoms with Crippen molar-refractivity contribution in [3.05, 3.63) is 59.7 Å². The minimum Gasteiger partial charge on any atom is -0.399 e. The fourth-order valence-corrected chi connectivity index (χ4v) is 6.40. The number of nitrogens with two attached hydrogens (primary N) is 2. The van der Waals surface area contributed by atoms with Gasteiger partial charge in [-0.3, -0.25) is 0 Å². The molecular weight excluding hydrogens is 500 g/mol. The summed E-state index contributed by atoms with van der Waals surface area (Å²) in [6, 6.07) is 15.9. The Labute approximate surface area is 227 Å². The van der Waals surface area contributed by atoms with Gasteiger partial charge in [-0.15, -0.1) is 0 Å². The monoisotopic (exact) mass is 536 g/mol. The molecule has 9 heteroatoms. The van der Waals surface area contributed by atoms with E-state index in [1.54, 1.807) is 0 Å². The normalized spacial score (nSPS) is 40.5. The van der Waals surface area contributed by atoms with Crippen LogP contribution < -0.4 is 11.5 Å². The maximum atomic E-state index is 7.17. The molecule has 0 saturated carbocycles. The van der Waals surface area contributed by atoms with Crippen LogP contribution in [0, 0.1) is 0 Å². The van der Waals surface area contributed by atoms with Crippen molar-refractivity contribution < 1.29 is 33.2 Å². The first-order valence-electron chi connectivity index (χ1n) is 14.2. The first-order chi connectivity index (χ1) is 19.0. The van der Waals surface area contributed by atoms with E-state index in [0.29, 0.717) is 11.4 Å². The molecule has 6 heterocycles. The van der Waals surface area contributed by atoms with Crippen molar-refractivity contribution in [3.8, 4) is 0 Å². The molecule has 2 aromatic carbocycles.